The Morgan fingerprint density at radius 2 is 1.87 bits per heavy atom. The number of carbonyl (C=O) groups excluding carboxylic acids is 2. The van der Waals surface area contributed by atoms with Gasteiger partial charge in [0, 0.05) is 50.3 Å². The molecule has 4 rings (SSSR count). The molecule has 3 heterocycles. The van der Waals surface area contributed by atoms with Crippen LogP contribution in [-0.2, 0) is 4.79 Å². The second-order valence-electron chi connectivity index (χ2n) is 7.88. The van der Waals surface area contributed by atoms with Gasteiger partial charge in [0.1, 0.15) is 5.69 Å². The van der Waals surface area contributed by atoms with Crippen LogP contribution in [0, 0.1) is 5.92 Å². The van der Waals surface area contributed by atoms with E-state index in [-0.39, 0.29) is 17.7 Å². The number of piperazine rings is 1. The molecule has 2 aromatic rings. The van der Waals surface area contributed by atoms with Crippen LogP contribution in [0.2, 0.25) is 0 Å². The fraction of sp³-hybridized carbons (Fsp3) is 0.500. The lowest BCUT2D eigenvalue weighted by molar-refractivity contribution is -0.138. The van der Waals surface area contributed by atoms with Crippen molar-refractivity contribution in [1.82, 2.24) is 19.7 Å². The lowest BCUT2D eigenvalue weighted by Gasteiger charge is -2.38. The molecule has 0 aliphatic carbocycles. The minimum absolute atomic E-state index is 0.0827. The summed E-state index contributed by atoms with van der Waals surface area (Å²) in [6, 6.07) is 9.79. The number of thiazole rings is 1. The van der Waals surface area contributed by atoms with Crippen LogP contribution >= 0.6 is 11.3 Å². The van der Waals surface area contributed by atoms with E-state index in [4.69, 9.17) is 0 Å². The maximum absolute atomic E-state index is 13.0. The molecule has 0 saturated carbocycles. The zero-order chi connectivity index (χ0) is 20.9. The van der Waals surface area contributed by atoms with Crippen molar-refractivity contribution in [2.45, 2.75) is 19.8 Å². The monoisotopic (exact) mass is 427 g/mol. The minimum atomic E-state index is -0.101. The number of para-hydroxylation sites is 1. The molecule has 1 N–H and O–H groups in total. The number of likely N-dealkylation sites (N-methyl/N-ethyl adjacent to an activating group) is 1. The molecular formula is C22H29N5O2S. The zero-order valence-corrected chi connectivity index (χ0v) is 18.2. The molecule has 8 heteroatoms. The highest BCUT2D eigenvalue weighted by Crippen LogP contribution is 2.24. The lowest BCUT2D eigenvalue weighted by atomic mass is 9.96. The van der Waals surface area contributed by atoms with Gasteiger partial charge in [-0.15, -0.1) is 11.3 Å². The van der Waals surface area contributed by atoms with Crippen molar-refractivity contribution >= 4 is 34.0 Å². The maximum atomic E-state index is 13.0. The van der Waals surface area contributed by atoms with Crippen molar-refractivity contribution in [1.29, 1.82) is 0 Å². The van der Waals surface area contributed by atoms with Crippen LogP contribution in [0.5, 0.6) is 0 Å². The fourth-order valence-electron chi connectivity index (χ4n) is 4.14. The molecule has 7 nitrogen and oxygen atoms in total. The molecule has 2 fully saturated rings. The molecule has 1 unspecified atom stereocenters. The number of benzene rings is 1. The van der Waals surface area contributed by atoms with Crippen molar-refractivity contribution in [3.8, 4) is 0 Å². The maximum Gasteiger partial charge on any atom is 0.273 e. The number of hydrogen-bond acceptors (Lipinski definition) is 6. The summed E-state index contributed by atoms with van der Waals surface area (Å²) < 4.78 is 0. The quantitative estimate of drug-likeness (QED) is 0.795. The number of amides is 2. The Bertz CT molecular complexity index is 863. The van der Waals surface area contributed by atoms with E-state index in [1.54, 1.807) is 10.3 Å². The number of nitrogens with one attached hydrogen (secondary N) is 1. The Labute approximate surface area is 181 Å². The number of nitrogens with zero attached hydrogens (tertiary/aromatic N) is 4. The van der Waals surface area contributed by atoms with Crippen molar-refractivity contribution in [3.63, 3.8) is 0 Å². The summed E-state index contributed by atoms with van der Waals surface area (Å²) in [5, 5.41) is 5.72. The summed E-state index contributed by atoms with van der Waals surface area (Å²) in [6.45, 7) is 7.82. The van der Waals surface area contributed by atoms with E-state index in [2.05, 4.69) is 22.1 Å². The van der Waals surface area contributed by atoms with Crippen LogP contribution in [0.1, 0.15) is 30.3 Å². The molecule has 160 valence electrons. The first-order chi connectivity index (χ1) is 14.6. The Hall–Kier alpha value is -2.45. The van der Waals surface area contributed by atoms with Crippen molar-refractivity contribution < 1.29 is 9.59 Å². The molecule has 0 radical (unpaired) electrons. The van der Waals surface area contributed by atoms with Gasteiger partial charge < -0.3 is 20.0 Å². The van der Waals surface area contributed by atoms with Gasteiger partial charge in [-0.2, -0.15) is 0 Å². The summed E-state index contributed by atoms with van der Waals surface area (Å²) in [5.74, 6) is 0.0186. The van der Waals surface area contributed by atoms with Crippen molar-refractivity contribution in [3.05, 3.63) is 41.4 Å². The smallest absolute Gasteiger partial charge is 0.273 e. The highest BCUT2D eigenvalue weighted by atomic mass is 32.1. The van der Waals surface area contributed by atoms with E-state index in [1.165, 1.54) is 11.3 Å². The van der Waals surface area contributed by atoms with Gasteiger partial charge in [0.05, 0.1) is 5.92 Å². The summed E-state index contributed by atoms with van der Waals surface area (Å²) in [5.41, 5.74) is 1.39. The lowest BCUT2D eigenvalue weighted by Crippen LogP contribution is -2.53. The van der Waals surface area contributed by atoms with Crippen LogP contribution in [0.25, 0.3) is 0 Å². The molecule has 2 amide bonds. The first-order valence-corrected chi connectivity index (χ1v) is 11.6. The summed E-state index contributed by atoms with van der Waals surface area (Å²) in [4.78, 5) is 36.6. The van der Waals surface area contributed by atoms with Crippen molar-refractivity contribution in [2.75, 3.05) is 51.1 Å². The minimum Gasteiger partial charge on any atom is -0.340 e. The van der Waals surface area contributed by atoms with Gasteiger partial charge in [-0.25, -0.2) is 4.98 Å². The molecule has 1 aromatic heterocycles. The topological polar surface area (TPSA) is 68.8 Å². The van der Waals surface area contributed by atoms with Crippen LogP contribution < -0.4 is 5.32 Å². The van der Waals surface area contributed by atoms with E-state index in [0.29, 0.717) is 23.9 Å². The number of aromatic nitrogens is 1. The first kappa shape index (κ1) is 20.8. The first-order valence-electron chi connectivity index (χ1n) is 10.7. The summed E-state index contributed by atoms with van der Waals surface area (Å²) >= 11 is 1.42. The van der Waals surface area contributed by atoms with E-state index in [1.807, 2.05) is 35.2 Å². The number of carbonyl (C=O) groups is 2. The summed E-state index contributed by atoms with van der Waals surface area (Å²) in [6.07, 6.45) is 1.71. The van der Waals surface area contributed by atoms with E-state index in [0.717, 1.165) is 51.3 Å². The molecule has 1 aromatic carbocycles. The highest BCUT2D eigenvalue weighted by Gasteiger charge is 2.33. The number of rotatable bonds is 5. The SMILES string of the molecule is CCN1CCN(C(=O)C2CCCN(C(=O)c3csc(Nc4ccccc4)n3)C2)CC1. The predicted molar refractivity (Wildman–Crippen MR) is 119 cm³/mol. The molecule has 2 aliphatic rings. The average Bonchev–Trinajstić information content (AvgIpc) is 3.27. The zero-order valence-electron chi connectivity index (χ0n) is 17.4. The Morgan fingerprint density at radius 1 is 1.10 bits per heavy atom. The third-order valence-corrected chi connectivity index (χ3v) is 6.70. The van der Waals surface area contributed by atoms with Gasteiger partial charge in [0.2, 0.25) is 5.91 Å². The van der Waals surface area contributed by atoms with Crippen molar-refractivity contribution in [2.24, 2.45) is 5.92 Å². The summed E-state index contributed by atoms with van der Waals surface area (Å²) in [7, 11) is 0. The van der Waals surface area contributed by atoms with E-state index < -0.39 is 0 Å². The molecule has 2 saturated heterocycles. The molecular weight excluding hydrogens is 398 g/mol. The number of piperidine rings is 1. The Kier molecular flexibility index (Phi) is 6.64. The van der Waals surface area contributed by atoms with Crippen LogP contribution in [-0.4, -0.2) is 77.3 Å². The Morgan fingerprint density at radius 3 is 2.60 bits per heavy atom. The van der Waals surface area contributed by atoms with Gasteiger partial charge >= 0.3 is 0 Å². The highest BCUT2D eigenvalue weighted by molar-refractivity contribution is 7.14. The van der Waals surface area contributed by atoms with Crippen LogP contribution in [0.15, 0.2) is 35.7 Å². The normalized spacial score (nSPS) is 20.2. The average molecular weight is 428 g/mol. The second kappa shape index (κ2) is 9.57. The van der Waals surface area contributed by atoms with Crippen LogP contribution in [0.3, 0.4) is 0 Å². The standard InChI is InChI=1S/C22H29N5O2S/c1-2-25-11-13-26(14-12-25)20(28)17-7-6-10-27(15-17)21(29)19-16-30-22(24-19)23-18-8-4-3-5-9-18/h3-5,8-9,16-17H,2,6-7,10-15H2,1H3,(H,23,24). The molecule has 30 heavy (non-hydrogen) atoms. The van der Waals surface area contributed by atoms with Gasteiger partial charge in [0.15, 0.2) is 5.13 Å². The second-order valence-corrected chi connectivity index (χ2v) is 8.74. The fourth-order valence-corrected chi connectivity index (χ4v) is 4.85. The number of likely N-dealkylation sites (tertiary alicyclic amines) is 1. The van der Waals surface area contributed by atoms with Crippen LogP contribution in [0.4, 0.5) is 10.8 Å². The molecule has 2 aliphatic heterocycles. The third kappa shape index (κ3) is 4.82. The van der Waals surface area contributed by atoms with Gasteiger partial charge in [-0.05, 0) is 31.5 Å². The number of hydrogen-bond donors (Lipinski definition) is 1. The largest absolute Gasteiger partial charge is 0.340 e. The van der Waals surface area contributed by atoms with E-state index >= 15 is 0 Å². The molecule has 0 spiro atoms. The Balaban J connectivity index is 1.35. The van der Waals surface area contributed by atoms with E-state index in [9.17, 15) is 9.59 Å². The number of anilines is 2. The third-order valence-electron chi connectivity index (χ3n) is 5.94. The van der Waals surface area contributed by atoms with Gasteiger partial charge in [0.25, 0.3) is 5.91 Å². The predicted octanol–water partition coefficient (Wildman–Crippen LogP) is 2.90. The molecule has 1 atom stereocenters. The van der Waals surface area contributed by atoms with Gasteiger partial charge in [-0.3, -0.25) is 9.59 Å². The van der Waals surface area contributed by atoms with Gasteiger partial charge in [-0.1, -0.05) is 25.1 Å². The molecule has 0 bridgehead atoms.